The van der Waals surface area contributed by atoms with Gasteiger partial charge >= 0.3 is 0 Å². The first-order valence-electron chi connectivity index (χ1n) is 8.07. The predicted octanol–water partition coefficient (Wildman–Crippen LogP) is 3.56. The van der Waals surface area contributed by atoms with Gasteiger partial charge < -0.3 is 9.88 Å². The molecule has 114 valence electrons. The summed E-state index contributed by atoms with van der Waals surface area (Å²) >= 11 is 0. The summed E-state index contributed by atoms with van der Waals surface area (Å²) in [5.41, 5.74) is 1.15. The number of hydrogen-bond donors (Lipinski definition) is 1. The van der Waals surface area contributed by atoms with Crippen LogP contribution in [-0.2, 0) is 6.54 Å². The summed E-state index contributed by atoms with van der Waals surface area (Å²) in [6, 6.07) is 10.1. The van der Waals surface area contributed by atoms with Crippen LogP contribution in [0.15, 0.2) is 41.3 Å². The van der Waals surface area contributed by atoms with Crippen molar-refractivity contribution in [1.29, 1.82) is 0 Å². The molecule has 1 N–H and O–H groups in total. The number of fused-ring (bicyclic) bond motifs is 1. The maximum absolute atomic E-state index is 11.9. The van der Waals surface area contributed by atoms with Crippen molar-refractivity contribution in [2.24, 2.45) is 0 Å². The maximum Gasteiger partial charge on any atom is 0.189 e. The van der Waals surface area contributed by atoms with Gasteiger partial charge in [0, 0.05) is 30.2 Å². The van der Waals surface area contributed by atoms with Crippen LogP contribution in [0.4, 0.5) is 0 Å². The average Bonchev–Trinajstić information content (AvgIpc) is 2.53. The van der Waals surface area contributed by atoms with E-state index in [0.29, 0.717) is 6.04 Å². The minimum absolute atomic E-state index is 0.109. The molecule has 0 radical (unpaired) electrons. The summed E-state index contributed by atoms with van der Waals surface area (Å²) in [7, 11) is 0. The van der Waals surface area contributed by atoms with Gasteiger partial charge in [0.05, 0.1) is 5.52 Å². The number of nitrogens with one attached hydrogen (secondary N) is 1. The van der Waals surface area contributed by atoms with Gasteiger partial charge in [0.25, 0.3) is 0 Å². The number of hydrogen-bond acceptors (Lipinski definition) is 2. The summed E-state index contributed by atoms with van der Waals surface area (Å²) < 4.78 is 2.20. The lowest BCUT2D eigenvalue weighted by molar-refractivity contribution is 0.441. The van der Waals surface area contributed by atoms with Crippen LogP contribution < -0.4 is 10.7 Å². The van der Waals surface area contributed by atoms with E-state index >= 15 is 0 Å². The minimum Gasteiger partial charge on any atom is -0.347 e. The summed E-state index contributed by atoms with van der Waals surface area (Å²) in [5, 5.41) is 4.41. The van der Waals surface area contributed by atoms with E-state index in [-0.39, 0.29) is 5.43 Å². The van der Waals surface area contributed by atoms with Crippen LogP contribution in [0, 0.1) is 0 Å². The molecule has 0 fully saturated rings. The second kappa shape index (κ2) is 7.99. The molecule has 0 spiro atoms. The van der Waals surface area contributed by atoms with E-state index in [9.17, 15) is 4.79 Å². The highest BCUT2D eigenvalue weighted by Crippen LogP contribution is 2.11. The van der Waals surface area contributed by atoms with Crippen LogP contribution in [0.3, 0.4) is 0 Å². The molecule has 1 unspecified atom stereocenters. The first kappa shape index (κ1) is 15.8. The van der Waals surface area contributed by atoms with Gasteiger partial charge in [-0.2, -0.15) is 0 Å². The Morgan fingerprint density at radius 2 is 2.00 bits per heavy atom. The minimum atomic E-state index is 0.109. The number of aromatic nitrogens is 1. The molecular formula is C18H26N2O. The van der Waals surface area contributed by atoms with E-state index in [4.69, 9.17) is 0 Å². The van der Waals surface area contributed by atoms with Crippen molar-refractivity contribution in [2.75, 3.05) is 6.54 Å². The van der Waals surface area contributed by atoms with E-state index in [2.05, 4.69) is 23.7 Å². The van der Waals surface area contributed by atoms with E-state index in [0.717, 1.165) is 30.4 Å². The fourth-order valence-corrected chi connectivity index (χ4v) is 2.76. The topological polar surface area (TPSA) is 34.0 Å². The molecule has 2 rings (SSSR count). The molecule has 0 aliphatic carbocycles. The summed E-state index contributed by atoms with van der Waals surface area (Å²) in [5.74, 6) is 0. The third-order valence-electron chi connectivity index (χ3n) is 4.01. The quantitative estimate of drug-likeness (QED) is 0.805. The molecule has 2 aromatic rings. The summed E-state index contributed by atoms with van der Waals surface area (Å²) in [6.45, 7) is 6.50. The normalized spacial score (nSPS) is 12.7. The molecule has 0 bridgehead atoms. The summed E-state index contributed by atoms with van der Waals surface area (Å²) in [4.78, 5) is 11.9. The van der Waals surface area contributed by atoms with Crippen molar-refractivity contribution in [1.82, 2.24) is 9.88 Å². The zero-order valence-electron chi connectivity index (χ0n) is 13.1. The third-order valence-corrected chi connectivity index (χ3v) is 4.01. The number of nitrogens with zero attached hydrogens (tertiary/aromatic N) is 1. The van der Waals surface area contributed by atoms with Gasteiger partial charge in [-0.15, -0.1) is 0 Å². The van der Waals surface area contributed by atoms with Crippen molar-refractivity contribution in [3.05, 3.63) is 46.8 Å². The fourth-order valence-electron chi connectivity index (χ4n) is 2.76. The molecule has 1 aromatic carbocycles. The molecule has 0 aliphatic rings. The number of benzene rings is 1. The van der Waals surface area contributed by atoms with Gasteiger partial charge in [-0.1, -0.05) is 26.0 Å². The van der Waals surface area contributed by atoms with Crippen LogP contribution >= 0.6 is 0 Å². The maximum atomic E-state index is 11.9. The molecule has 0 aliphatic heterocycles. The first-order valence-corrected chi connectivity index (χ1v) is 8.07. The van der Waals surface area contributed by atoms with E-state index in [1.54, 1.807) is 6.07 Å². The zero-order chi connectivity index (χ0) is 15.1. The molecule has 0 saturated heterocycles. The molecular weight excluding hydrogens is 260 g/mol. The van der Waals surface area contributed by atoms with E-state index in [1.807, 2.05) is 30.5 Å². The number of aryl methyl sites for hydroxylation is 1. The molecule has 1 aromatic heterocycles. The van der Waals surface area contributed by atoms with Gasteiger partial charge in [-0.25, -0.2) is 0 Å². The highest BCUT2D eigenvalue weighted by Gasteiger charge is 2.06. The first-order chi connectivity index (χ1) is 10.3. The van der Waals surface area contributed by atoms with Crippen molar-refractivity contribution in [3.63, 3.8) is 0 Å². The lowest BCUT2D eigenvalue weighted by Gasteiger charge is -2.17. The van der Waals surface area contributed by atoms with Crippen LogP contribution in [0.25, 0.3) is 10.9 Å². The Labute approximate surface area is 127 Å². The molecule has 0 saturated carbocycles. The second-order valence-electron chi connectivity index (χ2n) is 5.59. The Balaban J connectivity index is 2.01. The van der Waals surface area contributed by atoms with E-state index < -0.39 is 0 Å². The Morgan fingerprint density at radius 3 is 2.76 bits per heavy atom. The average molecular weight is 286 g/mol. The molecule has 0 amide bonds. The van der Waals surface area contributed by atoms with Crippen LogP contribution in [0.5, 0.6) is 0 Å². The fraction of sp³-hybridized carbons (Fsp3) is 0.500. The third kappa shape index (κ3) is 4.18. The molecule has 1 atom stereocenters. The molecule has 3 heteroatoms. The Morgan fingerprint density at radius 1 is 1.19 bits per heavy atom. The second-order valence-corrected chi connectivity index (χ2v) is 5.59. The number of pyridine rings is 1. The largest absolute Gasteiger partial charge is 0.347 e. The smallest absolute Gasteiger partial charge is 0.189 e. The zero-order valence-corrected chi connectivity index (χ0v) is 13.1. The van der Waals surface area contributed by atoms with Gasteiger partial charge in [0.1, 0.15) is 0 Å². The lowest BCUT2D eigenvalue weighted by Crippen LogP contribution is -2.29. The predicted molar refractivity (Wildman–Crippen MR) is 89.8 cm³/mol. The molecule has 1 heterocycles. The monoisotopic (exact) mass is 286 g/mol. The van der Waals surface area contributed by atoms with Gasteiger partial charge in [0.15, 0.2) is 5.43 Å². The van der Waals surface area contributed by atoms with Crippen molar-refractivity contribution in [3.8, 4) is 0 Å². The van der Waals surface area contributed by atoms with Crippen LogP contribution in [-0.4, -0.2) is 17.2 Å². The van der Waals surface area contributed by atoms with Crippen molar-refractivity contribution < 1.29 is 0 Å². The Kier molecular flexibility index (Phi) is 6.00. The standard InChI is InChI=1S/C18H26N2O/c1-3-12-19-15(4-2)8-7-13-20-14-11-18(21)16-9-5-6-10-17(16)20/h5-6,9-11,14-15,19H,3-4,7-8,12-13H2,1-2H3. The van der Waals surface area contributed by atoms with E-state index in [1.165, 1.54) is 19.3 Å². The molecule has 3 nitrogen and oxygen atoms in total. The highest BCUT2D eigenvalue weighted by molar-refractivity contribution is 5.78. The van der Waals surface area contributed by atoms with Gasteiger partial charge in [-0.05, 0) is 44.4 Å². The lowest BCUT2D eigenvalue weighted by atomic mass is 10.1. The SMILES string of the molecule is CCCNC(CC)CCCn1ccc(=O)c2ccccc21. The Hall–Kier alpha value is -1.61. The molecule has 21 heavy (non-hydrogen) atoms. The van der Waals surface area contributed by atoms with Crippen molar-refractivity contribution >= 4 is 10.9 Å². The highest BCUT2D eigenvalue weighted by atomic mass is 16.1. The Bertz CT molecular complexity index is 618. The van der Waals surface area contributed by atoms with Crippen LogP contribution in [0.2, 0.25) is 0 Å². The van der Waals surface area contributed by atoms with Gasteiger partial charge in [-0.3, -0.25) is 4.79 Å². The van der Waals surface area contributed by atoms with Gasteiger partial charge in [0.2, 0.25) is 0 Å². The van der Waals surface area contributed by atoms with Crippen molar-refractivity contribution in [2.45, 2.75) is 52.1 Å². The van der Waals surface area contributed by atoms with Crippen LogP contribution in [0.1, 0.15) is 39.5 Å². The summed E-state index contributed by atoms with van der Waals surface area (Å²) in [6.07, 6.45) is 6.58. The number of rotatable bonds is 8. The number of para-hydroxylation sites is 1.